The quantitative estimate of drug-likeness (QED) is 0.725. The number of pyridine rings is 1. The van der Waals surface area contributed by atoms with Gasteiger partial charge >= 0.3 is 6.16 Å². The van der Waals surface area contributed by atoms with Gasteiger partial charge in [-0.15, -0.1) is 0 Å². The molecular formula is C17H13NO5. The lowest BCUT2D eigenvalue weighted by Gasteiger charge is -2.12. The number of H-pyrrole nitrogens is 1. The Morgan fingerprint density at radius 3 is 2.52 bits per heavy atom. The van der Waals surface area contributed by atoms with Gasteiger partial charge in [0.25, 0.3) is 5.56 Å². The molecule has 0 saturated heterocycles. The zero-order chi connectivity index (χ0) is 16.4. The van der Waals surface area contributed by atoms with Crippen LogP contribution in [-0.4, -0.2) is 23.4 Å². The third-order valence-electron chi connectivity index (χ3n) is 3.43. The maximum atomic E-state index is 12.5. The zero-order valence-electron chi connectivity index (χ0n) is 12.2. The maximum absolute atomic E-state index is 12.5. The molecule has 0 fully saturated rings. The largest absolute Gasteiger partial charge is 0.511 e. The summed E-state index contributed by atoms with van der Waals surface area (Å²) in [5, 5.41) is 9.51. The molecule has 0 atom stereocenters. The van der Waals surface area contributed by atoms with Crippen molar-refractivity contribution in [3.8, 4) is 22.6 Å². The van der Waals surface area contributed by atoms with Gasteiger partial charge in [-0.1, -0.05) is 30.3 Å². The highest BCUT2D eigenvalue weighted by atomic mass is 16.7. The Bertz CT molecular complexity index is 931. The first kappa shape index (κ1) is 14.6. The van der Waals surface area contributed by atoms with Crippen LogP contribution < -0.4 is 15.0 Å². The van der Waals surface area contributed by atoms with Gasteiger partial charge in [0.1, 0.15) is 5.75 Å². The molecule has 6 heteroatoms. The highest BCUT2D eigenvalue weighted by molar-refractivity contribution is 5.94. The fraction of sp³-hybridized carbons (Fsp3) is 0.0588. The molecule has 0 radical (unpaired) electrons. The molecule has 3 aromatic rings. The first-order valence-electron chi connectivity index (χ1n) is 6.80. The smallest absolute Gasteiger partial charge is 0.497 e. The summed E-state index contributed by atoms with van der Waals surface area (Å²) in [6, 6.07) is 13.7. The number of ether oxygens (including phenoxy) is 2. The number of aromatic nitrogens is 1. The number of benzene rings is 2. The Labute approximate surface area is 130 Å². The Hall–Kier alpha value is -3.28. The summed E-state index contributed by atoms with van der Waals surface area (Å²) in [7, 11) is 1.51. The molecule has 0 bridgehead atoms. The molecule has 1 heterocycles. The predicted molar refractivity (Wildman–Crippen MR) is 85.2 cm³/mol. The summed E-state index contributed by atoms with van der Waals surface area (Å²) in [6.07, 6.45) is -1.48. The Kier molecular flexibility index (Phi) is 3.72. The summed E-state index contributed by atoms with van der Waals surface area (Å²) in [6.45, 7) is 0. The highest BCUT2D eigenvalue weighted by Gasteiger charge is 2.18. The normalized spacial score (nSPS) is 10.5. The van der Waals surface area contributed by atoms with E-state index in [1.807, 2.05) is 0 Å². The lowest BCUT2D eigenvalue weighted by atomic mass is 10.0. The van der Waals surface area contributed by atoms with Crippen LogP contribution in [0, 0.1) is 0 Å². The molecule has 3 rings (SSSR count). The minimum atomic E-state index is -1.48. The van der Waals surface area contributed by atoms with Gasteiger partial charge in [0.15, 0.2) is 5.75 Å². The molecule has 0 unspecified atom stereocenters. The molecule has 0 spiro atoms. The summed E-state index contributed by atoms with van der Waals surface area (Å²) < 4.78 is 10.0. The topological polar surface area (TPSA) is 88.6 Å². The van der Waals surface area contributed by atoms with E-state index < -0.39 is 11.7 Å². The van der Waals surface area contributed by atoms with E-state index in [4.69, 9.17) is 14.6 Å². The van der Waals surface area contributed by atoms with E-state index in [1.165, 1.54) is 7.11 Å². The van der Waals surface area contributed by atoms with Gasteiger partial charge in [-0.2, -0.15) is 0 Å². The fourth-order valence-electron chi connectivity index (χ4n) is 2.43. The van der Waals surface area contributed by atoms with Crippen molar-refractivity contribution in [2.24, 2.45) is 0 Å². The minimum Gasteiger partial charge on any atom is -0.497 e. The molecule has 0 amide bonds. The number of carboxylic acid groups (broad SMARTS) is 1. The molecular weight excluding hydrogens is 298 g/mol. The molecule has 23 heavy (non-hydrogen) atoms. The second kappa shape index (κ2) is 5.84. The van der Waals surface area contributed by atoms with Crippen LogP contribution in [0.25, 0.3) is 22.0 Å². The van der Waals surface area contributed by atoms with E-state index in [1.54, 1.807) is 48.5 Å². The van der Waals surface area contributed by atoms with E-state index in [0.717, 1.165) is 0 Å². The first-order chi connectivity index (χ1) is 11.1. The van der Waals surface area contributed by atoms with Gasteiger partial charge in [0, 0.05) is 11.5 Å². The number of rotatable bonds is 3. The average Bonchev–Trinajstić information content (AvgIpc) is 2.54. The number of hydrogen-bond acceptors (Lipinski definition) is 4. The molecule has 6 nitrogen and oxygen atoms in total. The Morgan fingerprint density at radius 2 is 1.87 bits per heavy atom. The summed E-state index contributed by atoms with van der Waals surface area (Å²) in [5.74, 6) is 0.548. The molecule has 0 aliphatic carbocycles. The van der Waals surface area contributed by atoms with Crippen molar-refractivity contribution >= 4 is 17.1 Å². The van der Waals surface area contributed by atoms with Crippen molar-refractivity contribution < 1.29 is 19.4 Å². The molecule has 2 aromatic carbocycles. The summed E-state index contributed by atoms with van der Waals surface area (Å²) in [5.41, 5.74) is 0.742. The molecule has 0 saturated carbocycles. The van der Waals surface area contributed by atoms with Crippen LogP contribution in [0.2, 0.25) is 0 Å². The number of aromatic amines is 1. The number of methoxy groups -OCH3 is 1. The van der Waals surface area contributed by atoms with Gasteiger partial charge in [-0.25, -0.2) is 4.79 Å². The average molecular weight is 311 g/mol. The van der Waals surface area contributed by atoms with Crippen LogP contribution in [0.15, 0.2) is 53.3 Å². The highest BCUT2D eigenvalue weighted by Crippen LogP contribution is 2.34. The predicted octanol–water partition coefficient (Wildman–Crippen LogP) is 3.26. The summed E-state index contributed by atoms with van der Waals surface area (Å²) in [4.78, 5) is 26.3. The Balaban J connectivity index is 2.37. The lowest BCUT2D eigenvalue weighted by Crippen LogP contribution is -2.14. The number of nitrogens with one attached hydrogen (secondary N) is 1. The van der Waals surface area contributed by atoms with Crippen molar-refractivity contribution in [3.63, 3.8) is 0 Å². The van der Waals surface area contributed by atoms with Crippen LogP contribution in [0.3, 0.4) is 0 Å². The van der Waals surface area contributed by atoms with Gasteiger partial charge in [0.2, 0.25) is 0 Å². The van der Waals surface area contributed by atoms with Crippen molar-refractivity contribution in [3.05, 3.63) is 58.9 Å². The van der Waals surface area contributed by atoms with Crippen LogP contribution in [0.1, 0.15) is 0 Å². The van der Waals surface area contributed by atoms with E-state index in [9.17, 15) is 9.59 Å². The Morgan fingerprint density at radius 1 is 1.13 bits per heavy atom. The van der Waals surface area contributed by atoms with Crippen LogP contribution in [0.5, 0.6) is 11.5 Å². The van der Waals surface area contributed by atoms with Crippen molar-refractivity contribution in [1.82, 2.24) is 4.98 Å². The first-order valence-corrected chi connectivity index (χ1v) is 6.80. The zero-order valence-corrected chi connectivity index (χ0v) is 12.2. The molecule has 1 aromatic heterocycles. The van der Waals surface area contributed by atoms with Crippen LogP contribution in [0.4, 0.5) is 4.79 Å². The van der Waals surface area contributed by atoms with Crippen LogP contribution in [-0.2, 0) is 0 Å². The third kappa shape index (κ3) is 2.74. The summed E-state index contributed by atoms with van der Waals surface area (Å²) >= 11 is 0. The maximum Gasteiger partial charge on any atom is 0.511 e. The van der Waals surface area contributed by atoms with Gasteiger partial charge in [-0.05, 0) is 17.7 Å². The number of carbonyl (C=O) groups is 1. The van der Waals surface area contributed by atoms with E-state index in [2.05, 4.69) is 4.98 Å². The lowest BCUT2D eigenvalue weighted by molar-refractivity contribution is 0.145. The van der Waals surface area contributed by atoms with E-state index in [0.29, 0.717) is 22.2 Å². The third-order valence-corrected chi connectivity index (χ3v) is 3.43. The second-order valence-corrected chi connectivity index (χ2v) is 4.80. The molecule has 0 aliphatic rings. The van der Waals surface area contributed by atoms with Crippen LogP contribution >= 0.6 is 0 Å². The molecule has 116 valence electrons. The van der Waals surface area contributed by atoms with Gasteiger partial charge in [0.05, 0.1) is 18.2 Å². The van der Waals surface area contributed by atoms with Crippen molar-refractivity contribution in [1.29, 1.82) is 0 Å². The van der Waals surface area contributed by atoms with Crippen molar-refractivity contribution in [2.75, 3.05) is 7.11 Å². The SMILES string of the molecule is COc1ccc2c(OC(=O)O)c(-c3ccccc3)c(=O)[nH]c2c1. The number of fused-ring (bicyclic) bond motifs is 1. The second-order valence-electron chi connectivity index (χ2n) is 4.80. The van der Waals surface area contributed by atoms with Gasteiger partial charge < -0.3 is 19.6 Å². The van der Waals surface area contributed by atoms with Crippen molar-refractivity contribution in [2.45, 2.75) is 0 Å². The molecule has 0 aliphatic heterocycles. The molecule has 2 N–H and O–H groups in total. The van der Waals surface area contributed by atoms with Gasteiger partial charge in [-0.3, -0.25) is 4.79 Å². The minimum absolute atomic E-state index is 0.00473. The monoisotopic (exact) mass is 311 g/mol. The van der Waals surface area contributed by atoms with E-state index in [-0.39, 0.29) is 11.3 Å². The van der Waals surface area contributed by atoms with E-state index >= 15 is 0 Å². The fourth-order valence-corrected chi connectivity index (χ4v) is 2.43. The number of hydrogen-bond donors (Lipinski definition) is 2. The standard InChI is InChI=1S/C17H13NO5/c1-22-11-7-8-12-13(9-11)18-16(19)14(15(12)23-17(20)21)10-5-3-2-4-6-10/h2-9H,1H3,(H,18,19)(H,20,21).